The van der Waals surface area contributed by atoms with Crippen molar-refractivity contribution in [2.24, 2.45) is 5.92 Å². The number of aromatic nitrogens is 2. The summed E-state index contributed by atoms with van der Waals surface area (Å²) in [6.07, 6.45) is 11.2. The van der Waals surface area contributed by atoms with Crippen molar-refractivity contribution in [1.82, 2.24) is 10.2 Å². The number of hydrogen-bond acceptors (Lipinski definition) is 5. The summed E-state index contributed by atoms with van der Waals surface area (Å²) >= 11 is 1.56. The molecule has 0 aliphatic heterocycles. The highest BCUT2D eigenvalue weighted by atomic mass is 32.1. The van der Waals surface area contributed by atoms with Crippen molar-refractivity contribution >= 4 is 11.3 Å². The molecule has 1 heterocycles. The van der Waals surface area contributed by atoms with E-state index < -0.39 is 0 Å². The molecule has 1 aromatic heterocycles. The fourth-order valence-electron chi connectivity index (χ4n) is 3.21. The molecule has 4 nitrogen and oxygen atoms in total. The van der Waals surface area contributed by atoms with Gasteiger partial charge in [-0.25, -0.2) is 0 Å². The van der Waals surface area contributed by atoms with E-state index in [1.165, 1.54) is 19.3 Å². The first-order valence-electron chi connectivity index (χ1n) is 9.46. The highest BCUT2D eigenvalue weighted by Gasteiger charge is 2.14. The van der Waals surface area contributed by atoms with Crippen molar-refractivity contribution in [2.45, 2.75) is 52.6 Å². The lowest BCUT2D eigenvalue weighted by atomic mass is 10.1. The van der Waals surface area contributed by atoms with Gasteiger partial charge in [0.1, 0.15) is 21.8 Å². The third-order valence-corrected chi connectivity index (χ3v) is 5.65. The zero-order chi connectivity index (χ0) is 19.2. The molecule has 2 aromatic rings. The molecule has 0 N–H and O–H groups in total. The lowest BCUT2D eigenvalue weighted by Gasteiger charge is -2.11. The fourth-order valence-corrected chi connectivity index (χ4v) is 4.02. The molecule has 1 aliphatic rings. The molecule has 0 amide bonds. The predicted molar refractivity (Wildman–Crippen MR) is 110 cm³/mol. The van der Waals surface area contributed by atoms with E-state index in [0.717, 1.165) is 27.9 Å². The van der Waals surface area contributed by atoms with E-state index in [1.54, 1.807) is 16.9 Å². The van der Waals surface area contributed by atoms with Gasteiger partial charge in [0.2, 0.25) is 0 Å². The average Bonchev–Trinajstić information content (AvgIpc) is 3.28. The average molecular weight is 380 g/mol. The van der Waals surface area contributed by atoms with E-state index in [1.807, 2.05) is 32.0 Å². The smallest absolute Gasteiger partial charge is 0.147 e. The van der Waals surface area contributed by atoms with Crippen LogP contribution in [0.15, 0.2) is 42.0 Å². The van der Waals surface area contributed by atoms with Crippen LogP contribution < -0.4 is 4.74 Å². The summed E-state index contributed by atoms with van der Waals surface area (Å²) in [5.74, 6) is 1.33. The minimum atomic E-state index is 0.0325. The zero-order valence-electron chi connectivity index (χ0n) is 16.1. The van der Waals surface area contributed by atoms with Gasteiger partial charge in [0.05, 0.1) is 11.7 Å². The van der Waals surface area contributed by atoms with Crippen LogP contribution >= 0.6 is 11.3 Å². The molecule has 27 heavy (non-hydrogen) atoms. The number of rotatable bonds is 6. The van der Waals surface area contributed by atoms with Crippen LogP contribution in [0.5, 0.6) is 5.75 Å². The lowest BCUT2D eigenvalue weighted by Crippen LogP contribution is -2.06. The molecule has 5 heteroatoms. The number of nitriles is 1. The van der Waals surface area contributed by atoms with Crippen molar-refractivity contribution < 1.29 is 4.74 Å². The SMILES string of the molecule is CC(C)Oc1ccc(-c2nnc(C/C=C\C=C3\CCCC3C)s2)cc1C#N. The Kier molecular flexibility index (Phi) is 6.41. The van der Waals surface area contributed by atoms with E-state index in [0.29, 0.717) is 11.3 Å². The summed E-state index contributed by atoms with van der Waals surface area (Å²) in [6, 6.07) is 7.80. The second-order valence-electron chi connectivity index (χ2n) is 7.16. The molecule has 3 rings (SSSR count). The summed E-state index contributed by atoms with van der Waals surface area (Å²) in [6.45, 7) is 6.20. The largest absolute Gasteiger partial charge is 0.490 e. The normalized spacial score (nSPS) is 18.5. The molecular formula is C22H25N3OS. The van der Waals surface area contributed by atoms with Crippen LogP contribution in [0.3, 0.4) is 0 Å². The van der Waals surface area contributed by atoms with Crippen molar-refractivity contribution in [1.29, 1.82) is 5.26 Å². The number of allylic oxidation sites excluding steroid dienone is 4. The standard InChI is InChI=1S/C22H25N3OS/c1-15(2)26-20-12-11-18(13-19(20)14-23)22-25-24-21(27-22)10-5-4-8-17-9-6-7-16(17)3/h4-5,8,11-13,15-16H,6-7,9-10H2,1-3H3/b5-4-,17-8-. The molecule has 1 atom stereocenters. The molecule has 0 radical (unpaired) electrons. The molecule has 1 saturated carbocycles. The molecule has 0 bridgehead atoms. The van der Waals surface area contributed by atoms with Gasteiger partial charge in [-0.05, 0) is 57.2 Å². The zero-order valence-corrected chi connectivity index (χ0v) is 16.9. The molecule has 1 fully saturated rings. The summed E-state index contributed by atoms with van der Waals surface area (Å²) in [5.41, 5.74) is 2.98. The van der Waals surface area contributed by atoms with E-state index in [-0.39, 0.29) is 6.10 Å². The highest BCUT2D eigenvalue weighted by molar-refractivity contribution is 7.14. The summed E-state index contributed by atoms with van der Waals surface area (Å²) in [5, 5.41) is 19.8. The number of nitrogens with zero attached hydrogens (tertiary/aromatic N) is 3. The number of hydrogen-bond donors (Lipinski definition) is 0. The van der Waals surface area contributed by atoms with Gasteiger partial charge in [0.25, 0.3) is 0 Å². The van der Waals surface area contributed by atoms with E-state index >= 15 is 0 Å². The molecule has 0 saturated heterocycles. The Bertz CT molecular complexity index is 889. The topological polar surface area (TPSA) is 58.8 Å². The van der Waals surface area contributed by atoms with Gasteiger partial charge in [-0.15, -0.1) is 10.2 Å². The van der Waals surface area contributed by atoms with Crippen molar-refractivity contribution in [3.8, 4) is 22.4 Å². The van der Waals surface area contributed by atoms with Crippen LogP contribution in [0.1, 0.15) is 50.6 Å². The summed E-state index contributed by atoms with van der Waals surface area (Å²) in [4.78, 5) is 0. The maximum absolute atomic E-state index is 9.38. The van der Waals surface area contributed by atoms with Crippen LogP contribution in [0.4, 0.5) is 0 Å². The third-order valence-electron chi connectivity index (χ3n) is 4.65. The van der Waals surface area contributed by atoms with Crippen LogP contribution in [-0.2, 0) is 6.42 Å². The van der Waals surface area contributed by atoms with Gasteiger partial charge in [-0.2, -0.15) is 5.26 Å². The minimum Gasteiger partial charge on any atom is -0.490 e. The molecule has 1 aromatic carbocycles. The fraction of sp³-hybridized carbons (Fsp3) is 0.409. The third kappa shape index (κ3) is 5.05. The molecule has 1 aliphatic carbocycles. The molecule has 1 unspecified atom stereocenters. The number of benzene rings is 1. The number of ether oxygens (including phenoxy) is 1. The summed E-state index contributed by atoms with van der Waals surface area (Å²) < 4.78 is 5.68. The Hall–Kier alpha value is -2.45. The van der Waals surface area contributed by atoms with Gasteiger partial charge < -0.3 is 4.74 Å². The minimum absolute atomic E-state index is 0.0325. The quantitative estimate of drug-likeness (QED) is 0.645. The summed E-state index contributed by atoms with van der Waals surface area (Å²) in [7, 11) is 0. The monoisotopic (exact) mass is 379 g/mol. The molecule has 140 valence electrons. The van der Waals surface area contributed by atoms with Gasteiger partial charge in [0, 0.05) is 12.0 Å². The van der Waals surface area contributed by atoms with Gasteiger partial charge >= 0.3 is 0 Å². The first-order valence-corrected chi connectivity index (χ1v) is 10.3. The van der Waals surface area contributed by atoms with E-state index in [2.05, 4.69) is 41.4 Å². The highest BCUT2D eigenvalue weighted by Crippen LogP contribution is 2.31. The first-order chi connectivity index (χ1) is 13.1. The molecular weight excluding hydrogens is 354 g/mol. The Morgan fingerprint density at radius 1 is 1.37 bits per heavy atom. The second kappa shape index (κ2) is 8.96. The van der Waals surface area contributed by atoms with Crippen molar-refractivity contribution in [3.63, 3.8) is 0 Å². The van der Waals surface area contributed by atoms with Crippen LogP contribution in [0, 0.1) is 17.2 Å². The van der Waals surface area contributed by atoms with Crippen molar-refractivity contribution in [2.75, 3.05) is 0 Å². The Morgan fingerprint density at radius 3 is 2.93 bits per heavy atom. The maximum atomic E-state index is 9.38. The lowest BCUT2D eigenvalue weighted by molar-refractivity contribution is 0.242. The van der Waals surface area contributed by atoms with Gasteiger partial charge in [-0.3, -0.25) is 0 Å². The van der Waals surface area contributed by atoms with Crippen LogP contribution in [-0.4, -0.2) is 16.3 Å². The molecule has 0 spiro atoms. The van der Waals surface area contributed by atoms with E-state index in [9.17, 15) is 5.26 Å². The Balaban J connectivity index is 1.67. The van der Waals surface area contributed by atoms with Gasteiger partial charge in [-0.1, -0.05) is 42.1 Å². The maximum Gasteiger partial charge on any atom is 0.147 e. The Labute approximate surface area is 165 Å². The Morgan fingerprint density at radius 2 is 2.22 bits per heavy atom. The van der Waals surface area contributed by atoms with Crippen LogP contribution in [0.25, 0.3) is 10.6 Å². The first kappa shape index (κ1) is 19.3. The van der Waals surface area contributed by atoms with Gasteiger partial charge in [0.15, 0.2) is 0 Å². The van der Waals surface area contributed by atoms with Crippen molar-refractivity contribution in [3.05, 3.63) is 52.6 Å². The second-order valence-corrected chi connectivity index (χ2v) is 8.22. The predicted octanol–water partition coefficient (Wildman–Crippen LogP) is 5.71. The van der Waals surface area contributed by atoms with Crippen LogP contribution in [0.2, 0.25) is 0 Å². The van der Waals surface area contributed by atoms with E-state index in [4.69, 9.17) is 4.74 Å².